The number of nitrogens with zero attached hydrogens (tertiary/aromatic N) is 4. The van der Waals surface area contributed by atoms with E-state index in [2.05, 4.69) is 25.7 Å². The number of benzene rings is 1. The number of hydrogen-bond donors (Lipinski definition) is 4. The molecule has 172 valence electrons. The second-order valence-corrected chi connectivity index (χ2v) is 7.71. The van der Waals surface area contributed by atoms with Gasteiger partial charge in [0.1, 0.15) is 11.7 Å². The van der Waals surface area contributed by atoms with Gasteiger partial charge in [0, 0.05) is 32.1 Å². The normalized spacial score (nSPS) is 12.6. The van der Waals surface area contributed by atoms with Crippen LogP contribution in [0.5, 0.6) is 0 Å². The molecule has 0 unspecified atom stereocenters. The average Bonchev–Trinajstić information content (AvgIpc) is 3.23. The smallest absolute Gasteiger partial charge is 0.426 e. The molecule has 11 heteroatoms. The molecule has 0 aliphatic heterocycles. The first kappa shape index (κ1) is 24.1. The zero-order chi connectivity index (χ0) is 23.6. The maximum absolute atomic E-state index is 13.1. The number of carbonyl (C=O) groups is 2. The minimum absolute atomic E-state index is 0.0675. The Morgan fingerprint density at radius 2 is 1.91 bits per heavy atom. The van der Waals surface area contributed by atoms with Crippen LogP contribution in [0, 0.1) is 0 Å². The largest absolute Gasteiger partial charge is 0.475 e. The number of amides is 2. The molecule has 0 bridgehead atoms. The summed E-state index contributed by atoms with van der Waals surface area (Å²) in [6.45, 7) is 0. The molecule has 0 aliphatic carbocycles. The second kappa shape index (κ2) is 11.9. The summed E-state index contributed by atoms with van der Waals surface area (Å²) in [4.78, 5) is 33.5. The Bertz CT molecular complexity index is 1030. The molecule has 2 atom stereocenters. The van der Waals surface area contributed by atoms with Crippen molar-refractivity contribution in [3.05, 3.63) is 78.1 Å². The van der Waals surface area contributed by atoms with E-state index in [1.165, 1.54) is 18.6 Å². The van der Waals surface area contributed by atoms with Crippen LogP contribution in [0.2, 0.25) is 0 Å². The van der Waals surface area contributed by atoms with Gasteiger partial charge in [0.2, 0.25) is 5.91 Å². The highest BCUT2D eigenvalue weighted by molar-refractivity contribution is 6.43. The fourth-order valence-corrected chi connectivity index (χ4v) is 3.39. The molecular formula is C22H27BN6O4. The molecule has 2 heterocycles. The van der Waals surface area contributed by atoms with Gasteiger partial charge in [0.05, 0.1) is 17.8 Å². The molecule has 10 nitrogen and oxygen atoms in total. The molecule has 0 saturated carbocycles. The predicted molar refractivity (Wildman–Crippen MR) is 122 cm³/mol. The fraction of sp³-hybridized carbons (Fsp3) is 0.318. The van der Waals surface area contributed by atoms with Gasteiger partial charge in [0.25, 0.3) is 5.91 Å². The van der Waals surface area contributed by atoms with Crippen LogP contribution >= 0.6 is 0 Å². The highest BCUT2D eigenvalue weighted by atomic mass is 16.4. The maximum Gasteiger partial charge on any atom is 0.475 e. The van der Waals surface area contributed by atoms with Gasteiger partial charge in [-0.2, -0.15) is 5.10 Å². The quantitative estimate of drug-likeness (QED) is 0.303. The Kier molecular flexibility index (Phi) is 8.67. The summed E-state index contributed by atoms with van der Waals surface area (Å²) >= 11 is 0. The lowest BCUT2D eigenvalue weighted by molar-refractivity contribution is -0.123. The SMILES string of the molecule is Cn1ccc(C[C@@H](NC(=O)c2cnccn2)C(=O)N[C@@H](CCCc2ccccc2)B(O)O)n1. The van der Waals surface area contributed by atoms with Crippen molar-refractivity contribution in [3.63, 3.8) is 0 Å². The van der Waals surface area contributed by atoms with E-state index in [4.69, 9.17) is 0 Å². The Morgan fingerprint density at radius 3 is 2.55 bits per heavy atom. The van der Waals surface area contributed by atoms with E-state index in [9.17, 15) is 19.6 Å². The number of nitrogens with one attached hydrogen (secondary N) is 2. The Morgan fingerprint density at radius 1 is 1.12 bits per heavy atom. The summed E-state index contributed by atoms with van der Waals surface area (Å²) in [5.74, 6) is -2.00. The zero-order valence-corrected chi connectivity index (χ0v) is 18.3. The van der Waals surface area contributed by atoms with Crippen molar-refractivity contribution in [3.8, 4) is 0 Å². The summed E-state index contributed by atoms with van der Waals surface area (Å²) in [5, 5.41) is 29.2. The fourth-order valence-electron chi connectivity index (χ4n) is 3.39. The van der Waals surface area contributed by atoms with Crippen LogP contribution < -0.4 is 10.6 Å². The van der Waals surface area contributed by atoms with Crippen LogP contribution in [0.25, 0.3) is 0 Å². The lowest BCUT2D eigenvalue weighted by atomic mass is 9.76. The van der Waals surface area contributed by atoms with Gasteiger partial charge in [-0.15, -0.1) is 0 Å². The van der Waals surface area contributed by atoms with Crippen molar-refractivity contribution in [2.75, 3.05) is 0 Å². The van der Waals surface area contributed by atoms with E-state index in [1.54, 1.807) is 24.0 Å². The molecule has 3 rings (SSSR count). The molecule has 4 N–H and O–H groups in total. The molecule has 0 fully saturated rings. The monoisotopic (exact) mass is 450 g/mol. The average molecular weight is 450 g/mol. The number of aryl methyl sites for hydroxylation is 2. The topological polar surface area (TPSA) is 142 Å². The van der Waals surface area contributed by atoms with Crippen molar-refractivity contribution in [2.45, 2.75) is 37.7 Å². The minimum Gasteiger partial charge on any atom is -0.426 e. The minimum atomic E-state index is -1.74. The van der Waals surface area contributed by atoms with Crippen molar-refractivity contribution in [1.82, 2.24) is 30.4 Å². The number of aromatic nitrogens is 4. The predicted octanol–water partition coefficient (Wildman–Crippen LogP) is 0.0709. The van der Waals surface area contributed by atoms with E-state index in [0.29, 0.717) is 18.5 Å². The van der Waals surface area contributed by atoms with Gasteiger partial charge >= 0.3 is 7.12 Å². The third-order valence-corrected chi connectivity index (χ3v) is 5.11. The Labute approximate surface area is 192 Å². The van der Waals surface area contributed by atoms with Crippen LogP contribution in [-0.2, 0) is 24.7 Å². The Balaban J connectivity index is 1.66. The van der Waals surface area contributed by atoms with Gasteiger partial charge in [-0.1, -0.05) is 30.3 Å². The first-order valence-corrected chi connectivity index (χ1v) is 10.7. The van der Waals surface area contributed by atoms with Gasteiger partial charge in [-0.05, 0) is 30.9 Å². The Hall–Kier alpha value is -3.57. The number of hydrogen-bond acceptors (Lipinski definition) is 7. The van der Waals surface area contributed by atoms with Gasteiger partial charge < -0.3 is 20.7 Å². The van der Waals surface area contributed by atoms with Crippen LogP contribution in [0.4, 0.5) is 0 Å². The zero-order valence-electron chi connectivity index (χ0n) is 18.3. The van der Waals surface area contributed by atoms with Crippen LogP contribution in [0.1, 0.15) is 34.6 Å². The highest BCUT2D eigenvalue weighted by Crippen LogP contribution is 2.09. The first-order chi connectivity index (χ1) is 15.9. The number of rotatable bonds is 11. The molecule has 0 aliphatic rings. The molecule has 0 saturated heterocycles. The van der Waals surface area contributed by atoms with Crippen molar-refractivity contribution < 1.29 is 19.6 Å². The van der Waals surface area contributed by atoms with E-state index >= 15 is 0 Å². The van der Waals surface area contributed by atoms with Crippen LogP contribution in [-0.4, -0.2) is 60.7 Å². The molecule has 2 aromatic heterocycles. The summed E-state index contributed by atoms with van der Waals surface area (Å²) in [7, 11) is 0.0117. The number of carbonyl (C=O) groups excluding carboxylic acids is 2. The molecular weight excluding hydrogens is 423 g/mol. The van der Waals surface area contributed by atoms with Gasteiger partial charge in [-0.25, -0.2) is 4.98 Å². The molecule has 33 heavy (non-hydrogen) atoms. The summed E-state index contributed by atoms with van der Waals surface area (Å²) in [5.41, 5.74) is 1.79. The van der Waals surface area contributed by atoms with Gasteiger partial charge in [-0.3, -0.25) is 19.3 Å². The van der Waals surface area contributed by atoms with E-state index in [0.717, 1.165) is 12.0 Å². The summed E-state index contributed by atoms with van der Waals surface area (Å²) in [6.07, 6.45) is 7.71. The standard InChI is InChI=1S/C22H27BN6O4/c1-29-13-10-17(28-29)14-18(26-22(31)19-15-24-11-12-25-19)21(30)27-20(23(32)33)9-5-8-16-6-3-2-4-7-16/h2-4,6-7,10-13,15,18,20,32-33H,5,8-9,14H2,1H3,(H,26,31)(H,27,30)/t18-,20+/m1/s1. The lowest BCUT2D eigenvalue weighted by Gasteiger charge is -2.22. The van der Waals surface area contributed by atoms with Crippen LogP contribution in [0.3, 0.4) is 0 Å². The summed E-state index contributed by atoms with van der Waals surface area (Å²) < 4.78 is 1.60. The maximum atomic E-state index is 13.1. The lowest BCUT2D eigenvalue weighted by Crippen LogP contribution is -2.54. The van der Waals surface area contributed by atoms with Crippen molar-refractivity contribution >= 4 is 18.9 Å². The van der Waals surface area contributed by atoms with E-state index in [1.807, 2.05) is 30.3 Å². The van der Waals surface area contributed by atoms with E-state index < -0.39 is 30.9 Å². The molecule has 0 radical (unpaired) electrons. The molecule has 0 spiro atoms. The van der Waals surface area contributed by atoms with Crippen LogP contribution in [0.15, 0.2) is 61.2 Å². The van der Waals surface area contributed by atoms with Crippen molar-refractivity contribution in [1.29, 1.82) is 0 Å². The highest BCUT2D eigenvalue weighted by Gasteiger charge is 2.30. The van der Waals surface area contributed by atoms with E-state index in [-0.39, 0.29) is 12.1 Å². The third-order valence-electron chi connectivity index (χ3n) is 5.11. The third kappa shape index (κ3) is 7.51. The molecule has 2 amide bonds. The van der Waals surface area contributed by atoms with Gasteiger partial charge in [0.15, 0.2) is 0 Å². The molecule has 3 aromatic rings. The van der Waals surface area contributed by atoms with Crippen molar-refractivity contribution in [2.24, 2.45) is 7.05 Å². The summed E-state index contributed by atoms with van der Waals surface area (Å²) in [6, 6.07) is 10.6. The molecule has 1 aromatic carbocycles. The first-order valence-electron chi connectivity index (χ1n) is 10.7. The second-order valence-electron chi connectivity index (χ2n) is 7.71.